The summed E-state index contributed by atoms with van der Waals surface area (Å²) in [5, 5.41) is 0. The van der Waals surface area contributed by atoms with E-state index < -0.39 is 24.2 Å². The van der Waals surface area contributed by atoms with Crippen LogP contribution in [0.25, 0.3) is 0 Å². The van der Waals surface area contributed by atoms with Crippen molar-refractivity contribution in [2.45, 2.75) is 311 Å². The summed E-state index contributed by atoms with van der Waals surface area (Å²) in [7, 11) is 2.83. The van der Waals surface area contributed by atoms with Crippen molar-refractivity contribution in [3.05, 3.63) is 63.7 Å². The van der Waals surface area contributed by atoms with Crippen LogP contribution in [0.15, 0.2) is 35.9 Å². The van der Waals surface area contributed by atoms with Gasteiger partial charge in [0.1, 0.15) is 43.5 Å². The highest BCUT2D eigenvalue weighted by atomic mass is 16.7. The molecule has 0 spiro atoms. The first-order valence-electron chi connectivity index (χ1n) is 35.4. The molecule has 0 aliphatic carbocycles. The standard InChI is InChI=1S/C75H118O16/c1-9-11-13-15-17-19-21-23-25-27-29-34-38-42-67(77)85-54-63(55-86-68(78)43-39-35-30-28-26-24-22-20-18-16-14-12-10-2)89-69(79)52-58(4)40-36-32-31-33-37-41-59(5)73(80)90-62-48-46-61(47-49-62)53-88-75(82)91-72-64(50-44-57(3)45-51-66(76)83-7)71(84-8)60(6)65-56-87-74(81)70(65)72/h44,46-49,58-59,63H,9-43,45,50-56H2,1-8H3/b57-44+. The molecule has 3 rings (SSSR count). The number of allylic oxidation sites excluding steroid dienone is 2. The van der Waals surface area contributed by atoms with Crippen LogP contribution in [0.1, 0.15) is 311 Å². The van der Waals surface area contributed by atoms with Gasteiger partial charge in [-0.2, -0.15) is 0 Å². The molecule has 1 heterocycles. The summed E-state index contributed by atoms with van der Waals surface area (Å²) in [5.41, 5.74) is 3.34. The molecule has 1 aliphatic heterocycles. The average Bonchev–Trinajstić information content (AvgIpc) is 1.71. The van der Waals surface area contributed by atoms with Crippen LogP contribution in [0.5, 0.6) is 17.2 Å². The molecule has 0 fully saturated rings. The number of methoxy groups -OCH3 is 2. The van der Waals surface area contributed by atoms with Crippen molar-refractivity contribution in [3.63, 3.8) is 0 Å². The third kappa shape index (κ3) is 35.6. The van der Waals surface area contributed by atoms with Crippen molar-refractivity contribution < 1.29 is 76.2 Å². The molecule has 2 atom stereocenters. The second kappa shape index (κ2) is 49.7. The molecule has 514 valence electrons. The maximum atomic E-state index is 13.2. The van der Waals surface area contributed by atoms with Crippen LogP contribution in [0.3, 0.4) is 0 Å². The molecule has 1 aliphatic rings. The summed E-state index contributed by atoms with van der Waals surface area (Å²) >= 11 is 0. The highest BCUT2D eigenvalue weighted by Gasteiger charge is 2.35. The Hall–Kier alpha value is -5.93. The van der Waals surface area contributed by atoms with E-state index in [0.29, 0.717) is 59.4 Å². The molecule has 2 unspecified atom stereocenters. The summed E-state index contributed by atoms with van der Waals surface area (Å²) in [6, 6.07) is 6.62. The van der Waals surface area contributed by atoms with Crippen LogP contribution in [0, 0.1) is 18.8 Å². The van der Waals surface area contributed by atoms with Gasteiger partial charge in [0, 0.05) is 36.8 Å². The molecule has 16 heteroatoms. The highest BCUT2D eigenvalue weighted by molar-refractivity contribution is 5.99. The van der Waals surface area contributed by atoms with Gasteiger partial charge in [0.15, 0.2) is 11.9 Å². The number of hydrogen-bond donors (Lipinski definition) is 0. The van der Waals surface area contributed by atoms with E-state index in [2.05, 4.69) is 13.8 Å². The van der Waals surface area contributed by atoms with Crippen LogP contribution in [-0.4, -0.2) is 75.5 Å². The van der Waals surface area contributed by atoms with Crippen molar-refractivity contribution in [1.82, 2.24) is 0 Å². The van der Waals surface area contributed by atoms with Crippen molar-refractivity contribution in [2.75, 3.05) is 27.4 Å². The minimum absolute atomic E-state index is 0.00472. The Kier molecular flexibility index (Phi) is 43.3. The first-order chi connectivity index (χ1) is 44.1. The number of ether oxygens (including phenoxy) is 9. The summed E-state index contributed by atoms with van der Waals surface area (Å²) in [5.74, 6) is -1.82. The van der Waals surface area contributed by atoms with Gasteiger partial charge in [-0.05, 0) is 75.1 Å². The number of rotatable bonds is 54. The van der Waals surface area contributed by atoms with Gasteiger partial charge in [0.2, 0.25) is 0 Å². The van der Waals surface area contributed by atoms with Gasteiger partial charge in [-0.3, -0.25) is 24.0 Å². The average molecular weight is 1280 g/mol. The Bertz CT molecular complexity index is 2380. The van der Waals surface area contributed by atoms with Crippen LogP contribution in [-0.2, 0) is 72.0 Å². The Balaban J connectivity index is 1.36. The lowest BCUT2D eigenvalue weighted by Gasteiger charge is -2.19. The molecule has 2 aromatic carbocycles. The normalized spacial score (nSPS) is 12.7. The highest BCUT2D eigenvalue weighted by Crippen LogP contribution is 2.43. The van der Waals surface area contributed by atoms with E-state index in [0.717, 1.165) is 82.6 Å². The summed E-state index contributed by atoms with van der Waals surface area (Å²) < 4.78 is 49.7. The number of cyclic esters (lactones) is 1. The molecule has 0 N–H and O–H groups in total. The first kappa shape index (κ1) is 79.3. The van der Waals surface area contributed by atoms with E-state index in [9.17, 15) is 33.6 Å². The Morgan fingerprint density at radius 2 is 1.03 bits per heavy atom. The van der Waals surface area contributed by atoms with E-state index in [1.165, 1.54) is 143 Å². The fourth-order valence-electron chi connectivity index (χ4n) is 11.4. The van der Waals surface area contributed by atoms with Gasteiger partial charge in [-0.15, -0.1) is 0 Å². The summed E-state index contributed by atoms with van der Waals surface area (Å²) in [6.07, 6.45) is 39.6. The minimum atomic E-state index is -1.04. The van der Waals surface area contributed by atoms with Crippen molar-refractivity contribution in [2.24, 2.45) is 11.8 Å². The number of unbranched alkanes of at least 4 members (excludes halogenated alkanes) is 28. The number of carbonyl (C=O) groups is 7. The predicted octanol–water partition coefficient (Wildman–Crippen LogP) is 19.1. The molecule has 0 radical (unpaired) electrons. The van der Waals surface area contributed by atoms with Gasteiger partial charge in [-0.25, -0.2) is 9.59 Å². The zero-order chi connectivity index (χ0) is 66.3. The Labute approximate surface area is 547 Å². The summed E-state index contributed by atoms with van der Waals surface area (Å²) in [6.45, 7) is 11.6. The lowest BCUT2D eigenvalue weighted by molar-refractivity contribution is -0.167. The molecule has 0 bridgehead atoms. The molecule has 0 aromatic heterocycles. The maximum Gasteiger partial charge on any atom is 0.514 e. The lowest BCUT2D eigenvalue weighted by Crippen LogP contribution is -2.31. The van der Waals surface area contributed by atoms with Crippen LogP contribution < -0.4 is 14.2 Å². The van der Waals surface area contributed by atoms with Gasteiger partial charge in [-0.1, -0.05) is 244 Å². The number of benzene rings is 2. The Morgan fingerprint density at radius 1 is 0.549 bits per heavy atom. The van der Waals surface area contributed by atoms with Gasteiger partial charge in [0.05, 0.1) is 20.1 Å². The fraction of sp³-hybridized carbons (Fsp3) is 0.720. The zero-order valence-corrected chi connectivity index (χ0v) is 57.6. The third-order valence-electron chi connectivity index (χ3n) is 17.3. The maximum absolute atomic E-state index is 13.2. The van der Waals surface area contributed by atoms with Crippen molar-refractivity contribution in [3.8, 4) is 17.2 Å². The van der Waals surface area contributed by atoms with Crippen LogP contribution in [0.4, 0.5) is 4.79 Å². The summed E-state index contributed by atoms with van der Waals surface area (Å²) in [4.78, 5) is 89.7. The lowest BCUT2D eigenvalue weighted by atomic mass is 9.94. The van der Waals surface area contributed by atoms with Gasteiger partial charge in [0.25, 0.3) is 0 Å². The zero-order valence-electron chi connectivity index (χ0n) is 57.6. The molecule has 0 saturated heterocycles. The molecular formula is C75H118O16. The second-order valence-corrected chi connectivity index (χ2v) is 25.5. The van der Waals surface area contributed by atoms with E-state index in [-0.39, 0.29) is 92.7 Å². The number of fused-ring (bicyclic) bond motifs is 1. The van der Waals surface area contributed by atoms with E-state index in [1.807, 2.05) is 33.8 Å². The smallest absolute Gasteiger partial charge is 0.496 e. The molecule has 91 heavy (non-hydrogen) atoms. The molecule has 0 saturated carbocycles. The van der Waals surface area contributed by atoms with E-state index in [4.69, 9.17) is 42.6 Å². The first-order valence-corrected chi connectivity index (χ1v) is 35.4. The van der Waals surface area contributed by atoms with Gasteiger partial charge >= 0.3 is 42.0 Å². The van der Waals surface area contributed by atoms with Crippen molar-refractivity contribution in [1.29, 1.82) is 0 Å². The molecule has 2 aromatic rings. The third-order valence-corrected chi connectivity index (χ3v) is 17.3. The predicted molar refractivity (Wildman–Crippen MR) is 356 cm³/mol. The number of carbonyl (C=O) groups excluding carboxylic acids is 7. The molecule has 0 amide bonds. The quantitative estimate of drug-likeness (QED) is 0.0151. The SMILES string of the molecule is CCCCCCCCCCCCCCCC(=O)OCC(COC(=O)CCCCCCCCCCCCCCC)OC(=O)CC(C)CCCCCCCC(C)C(=O)Oc1ccc(COC(=O)Oc2c(C/C=C(\C)CCC(=O)OC)c(OC)c(C)c3c2C(=O)OC3)cc1. The largest absolute Gasteiger partial charge is 0.514 e. The van der Waals surface area contributed by atoms with Crippen LogP contribution >= 0.6 is 0 Å². The number of hydrogen-bond acceptors (Lipinski definition) is 16. The molecule has 16 nitrogen and oxygen atoms in total. The fourth-order valence-corrected chi connectivity index (χ4v) is 11.4. The van der Waals surface area contributed by atoms with Crippen LogP contribution in [0.2, 0.25) is 0 Å². The molecular weight excluding hydrogens is 1160 g/mol. The minimum Gasteiger partial charge on any atom is -0.496 e. The monoisotopic (exact) mass is 1270 g/mol. The van der Waals surface area contributed by atoms with Crippen molar-refractivity contribution >= 4 is 42.0 Å². The second-order valence-electron chi connectivity index (χ2n) is 25.5. The number of esters is 6. The topological polar surface area (TPSA) is 203 Å². The Morgan fingerprint density at radius 3 is 1.53 bits per heavy atom. The van der Waals surface area contributed by atoms with E-state index >= 15 is 0 Å². The van der Waals surface area contributed by atoms with Gasteiger partial charge < -0.3 is 42.6 Å². The van der Waals surface area contributed by atoms with E-state index in [1.54, 1.807) is 24.3 Å².